The largest absolute Gasteiger partial charge is 0.388 e. The molecule has 15 heavy (non-hydrogen) atoms. The van der Waals surface area contributed by atoms with Crippen molar-refractivity contribution in [1.29, 1.82) is 0 Å². The zero-order valence-corrected chi connectivity index (χ0v) is 9.33. The smallest absolute Gasteiger partial charge is 0.0793 e. The van der Waals surface area contributed by atoms with Crippen molar-refractivity contribution in [2.24, 2.45) is 0 Å². The number of rotatable bonds is 2. The fourth-order valence-corrected chi connectivity index (χ4v) is 2.03. The van der Waals surface area contributed by atoms with E-state index in [0.29, 0.717) is 11.4 Å². The van der Waals surface area contributed by atoms with Crippen LogP contribution in [0.15, 0.2) is 36.4 Å². The van der Waals surface area contributed by atoms with Crippen LogP contribution in [0.2, 0.25) is 5.02 Å². The van der Waals surface area contributed by atoms with Crippen molar-refractivity contribution in [2.45, 2.75) is 19.4 Å². The summed E-state index contributed by atoms with van der Waals surface area (Å²) in [7, 11) is 0. The molecule has 0 fully saturated rings. The first-order valence-electron chi connectivity index (χ1n) is 5.08. The van der Waals surface area contributed by atoms with Gasteiger partial charge >= 0.3 is 0 Å². The van der Waals surface area contributed by atoms with Gasteiger partial charge in [-0.2, -0.15) is 0 Å². The van der Waals surface area contributed by atoms with Gasteiger partial charge in [-0.25, -0.2) is 0 Å². The van der Waals surface area contributed by atoms with Gasteiger partial charge in [-0.1, -0.05) is 42.8 Å². The van der Waals surface area contributed by atoms with Crippen LogP contribution in [0.3, 0.4) is 0 Å². The van der Waals surface area contributed by atoms with Gasteiger partial charge in [0.05, 0.1) is 6.10 Å². The van der Waals surface area contributed by atoms with Crippen LogP contribution in [0.25, 0.3) is 10.8 Å². The number of fused-ring (bicyclic) bond motifs is 1. The fourth-order valence-electron chi connectivity index (χ4n) is 1.80. The molecule has 1 N–H and O–H groups in total. The summed E-state index contributed by atoms with van der Waals surface area (Å²) in [4.78, 5) is 0. The highest BCUT2D eigenvalue weighted by atomic mass is 35.5. The minimum atomic E-state index is -0.436. The third-order valence-electron chi connectivity index (χ3n) is 2.60. The highest BCUT2D eigenvalue weighted by Crippen LogP contribution is 2.29. The van der Waals surface area contributed by atoms with Gasteiger partial charge in [0.2, 0.25) is 0 Å². The van der Waals surface area contributed by atoms with Crippen LogP contribution in [-0.4, -0.2) is 5.11 Å². The lowest BCUT2D eigenvalue weighted by Gasteiger charge is -2.12. The van der Waals surface area contributed by atoms with Crippen molar-refractivity contribution in [3.05, 3.63) is 47.0 Å². The van der Waals surface area contributed by atoms with E-state index >= 15 is 0 Å². The summed E-state index contributed by atoms with van der Waals surface area (Å²) < 4.78 is 0. The van der Waals surface area contributed by atoms with Crippen LogP contribution in [-0.2, 0) is 0 Å². The highest BCUT2D eigenvalue weighted by Gasteiger charge is 2.09. The molecule has 2 heteroatoms. The zero-order valence-electron chi connectivity index (χ0n) is 8.57. The van der Waals surface area contributed by atoms with E-state index in [0.717, 1.165) is 16.3 Å². The summed E-state index contributed by atoms with van der Waals surface area (Å²) in [6.07, 6.45) is 0.262. The number of hydrogen-bond donors (Lipinski definition) is 1. The molecular weight excluding hydrogens is 208 g/mol. The molecule has 0 bridgehead atoms. The Bertz CT molecular complexity index is 479. The first-order valence-corrected chi connectivity index (χ1v) is 5.46. The van der Waals surface area contributed by atoms with Crippen molar-refractivity contribution in [3.63, 3.8) is 0 Å². The molecule has 0 radical (unpaired) electrons. The minimum absolute atomic E-state index is 0.436. The molecule has 1 nitrogen and oxygen atoms in total. The molecule has 0 heterocycles. The second kappa shape index (κ2) is 4.21. The van der Waals surface area contributed by atoms with E-state index in [1.54, 1.807) is 0 Å². The van der Waals surface area contributed by atoms with Crippen LogP contribution < -0.4 is 0 Å². The van der Waals surface area contributed by atoms with Crippen LogP contribution in [0.1, 0.15) is 25.0 Å². The maximum absolute atomic E-state index is 9.89. The molecule has 0 spiro atoms. The fraction of sp³-hybridized carbons (Fsp3) is 0.231. The second-order valence-electron chi connectivity index (χ2n) is 3.64. The maximum atomic E-state index is 9.89. The third kappa shape index (κ3) is 1.99. The van der Waals surface area contributed by atoms with E-state index in [-0.39, 0.29) is 0 Å². The van der Waals surface area contributed by atoms with E-state index in [1.165, 1.54) is 0 Å². The normalized spacial score (nSPS) is 13.0. The molecule has 0 aliphatic carbocycles. The summed E-state index contributed by atoms with van der Waals surface area (Å²) in [6.45, 7) is 1.96. The van der Waals surface area contributed by atoms with Crippen molar-refractivity contribution < 1.29 is 5.11 Å². The molecular formula is C13H13ClO. The van der Waals surface area contributed by atoms with E-state index in [9.17, 15) is 5.11 Å². The van der Waals surface area contributed by atoms with Gasteiger partial charge < -0.3 is 5.11 Å². The van der Waals surface area contributed by atoms with Crippen LogP contribution >= 0.6 is 11.6 Å². The Morgan fingerprint density at radius 1 is 1.27 bits per heavy atom. The molecule has 1 atom stereocenters. The summed E-state index contributed by atoms with van der Waals surface area (Å²) in [5.74, 6) is 0. The number of hydrogen-bond acceptors (Lipinski definition) is 1. The van der Waals surface area contributed by atoms with Gasteiger partial charge in [0.1, 0.15) is 0 Å². The SMILES string of the molecule is CCC(O)c1cc(Cl)cc2ccccc12. The van der Waals surface area contributed by atoms with Crippen molar-refractivity contribution in [2.75, 3.05) is 0 Å². The summed E-state index contributed by atoms with van der Waals surface area (Å²) in [6, 6.07) is 11.7. The van der Waals surface area contributed by atoms with Crippen molar-refractivity contribution in [1.82, 2.24) is 0 Å². The predicted molar refractivity (Wildman–Crippen MR) is 64.2 cm³/mol. The van der Waals surface area contributed by atoms with E-state index in [4.69, 9.17) is 11.6 Å². The van der Waals surface area contributed by atoms with Gasteiger partial charge in [-0.05, 0) is 34.9 Å². The monoisotopic (exact) mass is 220 g/mol. The third-order valence-corrected chi connectivity index (χ3v) is 2.82. The second-order valence-corrected chi connectivity index (χ2v) is 4.08. The van der Waals surface area contributed by atoms with Crippen LogP contribution in [0, 0.1) is 0 Å². The average Bonchev–Trinajstić information content (AvgIpc) is 2.26. The Morgan fingerprint density at radius 2 is 2.00 bits per heavy atom. The molecule has 0 aliphatic heterocycles. The Morgan fingerprint density at radius 3 is 2.73 bits per heavy atom. The molecule has 0 amide bonds. The molecule has 2 aromatic carbocycles. The standard InChI is InChI=1S/C13H13ClO/c1-2-13(15)12-8-10(14)7-9-5-3-4-6-11(9)12/h3-8,13,15H,2H2,1H3. The predicted octanol–water partition coefficient (Wildman–Crippen LogP) is 3.94. The van der Waals surface area contributed by atoms with Gasteiger partial charge in [-0.3, -0.25) is 0 Å². The summed E-state index contributed by atoms with van der Waals surface area (Å²) in [5.41, 5.74) is 0.917. The highest BCUT2D eigenvalue weighted by molar-refractivity contribution is 6.31. The lowest BCUT2D eigenvalue weighted by atomic mass is 9.99. The zero-order chi connectivity index (χ0) is 10.8. The quantitative estimate of drug-likeness (QED) is 0.813. The van der Waals surface area contributed by atoms with Gasteiger partial charge in [0.15, 0.2) is 0 Å². The van der Waals surface area contributed by atoms with E-state index in [2.05, 4.69) is 0 Å². The molecule has 2 aromatic rings. The molecule has 1 unspecified atom stereocenters. The van der Waals surface area contributed by atoms with Crippen LogP contribution in [0.4, 0.5) is 0 Å². The Balaban J connectivity index is 2.71. The molecule has 0 aromatic heterocycles. The van der Waals surface area contributed by atoms with Gasteiger partial charge in [0.25, 0.3) is 0 Å². The summed E-state index contributed by atoms with van der Waals surface area (Å²) >= 11 is 6.01. The first kappa shape index (κ1) is 10.5. The topological polar surface area (TPSA) is 20.2 Å². The van der Waals surface area contributed by atoms with E-state index < -0.39 is 6.10 Å². The number of aliphatic hydroxyl groups is 1. The van der Waals surface area contributed by atoms with Gasteiger partial charge in [0, 0.05) is 5.02 Å². The Labute approximate surface area is 94.3 Å². The number of benzene rings is 2. The molecule has 2 rings (SSSR count). The molecule has 78 valence electrons. The molecule has 0 saturated carbocycles. The van der Waals surface area contributed by atoms with E-state index in [1.807, 2.05) is 43.3 Å². The molecule has 0 aliphatic rings. The lowest BCUT2D eigenvalue weighted by Crippen LogP contribution is -1.96. The number of aliphatic hydroxyl groups excluding tert-OH is 1. The van der Waals surface area contributed by atoms with Crippen molar-refractivity contribution >= 4 is 22.4 Å². The van der Waals surface area contributed by atoms with Gasteiger partial charge in [-0.15, -0.1) is 0 Å². The Hall–Kier alpha value is -1.05. The lowest BCUT2D eigenvalue weighted by molar-refractivity contribution is 0.175. The van der Waals surface area contributed by atoms with Crippen molar-refractivity contribution in [3.8, 4) is 0 Å². The summed E-state index contributed by atoms with van der Waals surface area (Å²) in [5, 5.41) is 12.7. The number of halogens is 1. The minimum Gasteiger partial charge on any atom is -0.388 e. The average molecular weight is 221 g/mol. The molecule has 0 saturated heterocycles. The first-order chi connectivity index (χ1) is 7.22. The van der Waals surface area contributed by atoms with Crippen LogP contribution in [0.5, 0.6) is 0 Å². The maximum Gasteiger partial charge on any atom is 0.0793 e. The Kier molecular flexibility index (Phi) is 2.94.